The molecule has 0 radical (unpaired) electrons. The lowest BCUT2D eigenvalue weighted by molar-refractivity contribution is -0.166. The number of hydrogen-bond donors (Lipinski definition) is 1. The second-order valence-corrected chi connectivity index (χ2v) is 6.09. The Morgan fingerprint density at radius 3 is 2.46 bits per heavy atom. The van der Waals surface area contributed by atoms with Gasteiger partial charge in [-0.1, -0.05) is 29.3 Å². The molecule has 2 rings (SSSR count). The van der Waals surface area contributed by atoms with Crippen LogP contribution in [0.25, 0.3) is 5.76 Å². The third-order valence-corrected chi connectivity index (χ3v) is 4.03. The quantitative estimate of drug-likeness (QED) is 0.381. The molecule has 0 fully saturated rings. The Bertz CT molecular complexity index is 818. The van der Waals surface area contributed by atoms with E-state index in [1.54, 1.807) is 0 Å². The van der Waals surface area contributed by atoms with Crippen molar-refractivity contribution in [2.45, 2.75) is 6.18 Å². The van der Waals surface area contributed by atoms with Gasteiger partial charge < -0.3 is 5.11 Å². The molecule has 0 amide bonds. The Labute approximate surface area is 147 Å². The minimum Gasteiger partial charge on any atom is -0.504 e. The number of allylic oxidation sites excluding steroid dienone is 1. The fourth-order valence-corrected chi connectivity index (χ4v) is 2.65. The Morgan fingerprint density at radius 1 is 1.21 bits per heavy atom. The van der Waals surface area contributed by atoms with Crippen LogP contribution in [-0.4, -0.2) is 17.1 Å². The predicted molar refractivity (Wildman–Crippen MR) is 85.9 cm³/mol. The molecule has 10 heteroatoms. The van der Waals surface area contributed by atoms with E-state index in [4.69, 9.17) is 23.2 Å². The van der Waals surface area contributed by atoms with Crippen molar-refractivity contribution >= 4 is 51.8 Å². The smallest absolute Gasteiger partial charge is 0.456 e. The van der Waals surface area contributed by atoms with Gasteiger partial charge in [0.05, 0.1) is 9.90 Å². The van der Waals surface area contributed by atoms with Gasteiger partial charge in [0.15, 0.2) is 11.5 Å². The van der Waals surface area contributed by atoms with E-state index in [-0.39, 0.29) is 15.6 Å². The molecule has 24 heavy (non-hydrogen) atoms. The number of rotatable bonds is 4. The molecule has 1 aromatic heterocycles. The summed E-state index contributed by atoms with van der Waals surface area (Å²) < 4.78 is 38.2. The first-order valence-electron chi connectivity index (χ1n) is 6.15. The lowest BCUT2D eigenvalue weighted by Crippen LogP contribution is -2.24. The standard InChI is InChI=1S/C14H7Cl2F3N2O2S/c15-7-3-4-9(8(16)6-7)20-21-11(13(23)14(17,18)19)12(22)10-2-1-5-24-10/h1-6,22H/b12-11+,21-20?. The molecule has 0 saturated carbocycles. The predicted octanol–water partition coefficient (Wildman–Crippen LogP) is 6.20. The van der Waals surface area contributed by atoms with Crippen molar-refractivity contribution in [3.8, 4) is 0 Å². The van der Waals surface area contributed by atoms with Crippen molar-refractivity contribution in [3.63, 3.8) is 0 Å². The van der Waals surface area contributed by atoms with Gasteiger partial charge in [0.25, 0.3) is 5.78 Å². The average molecular weight is 395 g/mol. The number of alkyl halides is 3. The van der Waals surface area contributed by atoms with Gasteiger partial charge in [-0.2, -0.15) is 13.2 Å². The van der Waals surface area contributed by atoms with E-state index >= 15 is 0 Å². The first-order valence-corrected chi connectivity index (χ1v) is 7.79. The molecule has 0 aliphatic rings. The van der Waals surface area contributed by atoms with Crippen LogP contribution in [0, 0.1) is 0 Å². The largest absolute Gasteiger partial charge is 0.504 e. The fourth-order valence-electron chi connectivity index (χ4n) is 1.53. The molecule has 1 aromatic carbocycles. The van der Waals surface area contributed by atoms with Crippen molar-refractivity contribution < 1.29 is 23.1 Å². The Morgan fingerprint density at radius 2 is 1.92 bits per heavy atom. The Balaban J connectivity index is 2.49. The van der Waals surface area contributed by atoms with Crippen LogP contribution in [0.2, 0.25) is 10.0 Å². The highest BCUT2D eigenvalue weighted by atomic mass is 35.5. The maximum atomic E-state index is 12.7. The Kier molecular flexibility index (Phi) is 5.63. The number of carbonyl (C=O) groups excluding carboxylic acids is 1. The lowest BCUT2D eigenvalue weighted by atomic mass is 10.2. The first-order chi connectivity index (χ1) is 11.2. The maximum Gasteiger partial charge on any atom is 0.456 e. The number of aliphatic hydroxyl groups excluding tert-OH is 1. The van der Waals surface area contributed by atoms with Crippen molar-refractivity contribution in [1.29, 1.82) is 0 Å². The number of halogens is 5. The highest BCUT2D eigenvalue weighted by Crippen LogP contribution is 2.32. The van der Waals surface area contributed by atoms with Crippen LogP contribution in [0.1, 0.15) is 4.88 Å². The number of Topliss-reactive ketones (excluding diaryl/α,β-unsaturated/α-hetero) is 1. The van der Waals surface area contributed by atoms with Crippen LogP contribution in [0.4, 0.5) is 18.9 Å². The van der Waals surface area contributed by atoms with Gasteiger partial charge >= 0.3 is 6.18 Å². The summed E-state index contributed by atoms with van der Waals surface area (Å²) in [5.74, 6) is -3.23. The molecule has 0 spiro atoms. The summed E-state index contributed by atoms with van der Waals surface area (Å²) >= 11 is 12.5. The molecule has 0 atom stereocenters. The minimum absolute atomic E-state index is 0.00693. The van der Waals surface area contributed by atoms with Crippen LogP contribution < -0.4 is 0 Å². The van der Waals surface area contributed by atoms with Gasteiger partial charge in [0, 0.05) is 5.02 Å². The van der Waals surface area contributed by atoms with Gasteiger partial charge in [-0.25, -0.2) is 0 Å². The number of hydrogen-bond acceptors (Lipinski definition) is 5. The van der Waals surface area contributed by atoms with Crippen molar-refractivity contribution in [2.24, 2.45) is 10.2 Å². The van der Waals surface area contributed by atoms with E-state index in [9.17, 15) is 23.1 Å². The number of azo groups is 1. The van der Waals surface area contributed by atoms with Gasteiger partial charge in [-0.15, -0.1) is 21.6 Å². The SMILES string of the molecule is O=C(/C(N=Nc1ccc(Cl)cc1Cl)=C(\O)c1cccs1)C(F)(F)F. The van der Waals surface area contributed by atoms with Crippen LogP contribution >= 0.6 is 34.5 Å². The molecule has 4 nitrogen and oxygen atoms in total. The zero-order valence-electron chi connectivity index (χ0n) is 11.5. The summed E-state index contributed by atoms with van der Waals surface area (Å²) in [7, 11) is 0. The monoisotopic (exact) mass is 394 g/mol. The molecule has 0 aliphatic carbocycles. The molecule has 0 unspecified atom stereocenters. The van der Waals surface area contributed by atoms with E-state index in [1.165, 1.54) is 35.7 Å². The summed E-state index contributed by atoms with van der Waals surface area (Å²) in [5, 5.41) is 18.6. The molecule has 0 bridgehead atoms. The van der Waals surface area contributed by atoms with Gasteiger partial charge in [0.1, 0.15) is 5.69 Å². The molecule has 1 N–H and O–H groups in total. The van der Waals surface area contributed by atoms with E-state index < -0.39 is 23.4 Å². The average Bonchev–Trinajstić information content (AvgIpc) is 3.02. The number of thiophene rings is 1. The summed E-state index contributed by atoms with van der Waals surface area (Å²) in [6.45, 7) is 0. The fraction of sp³-hybridized carbons (Fsp3) is 0.0714. The van der Waals surface area contributed by atoms with E-state index in [0.29, 0.717) is 5.02 Å². The number of benzene rings is 1. The van der Waals surface area contributed by atoms with E-state index in [2.05, 4.69) is 10.2 Å². The molecule has 0 aliphatic heterocycles. The normalized spacial score (nSPS) is 13.2. The molecular formula is C14H7Cl2F3N2O2S. The van der Waals surface area contributed by atoms with Crippen molar-refractivity contribution in [2.75, 3.05) is 0 Å². The van der Waals surface area contributed by atoms with Crippen LogP contribution in [0.5, 0.6) is 0 Å². The van der Waals surface area contributed by atoms with Crippen molar-refractivity contribution in [3.05, 3.63) is 56.3 Å². The van der Waals surface area contributed by atoms with Crippen LogP contribution in [-0.2, 0) is 4.79 Å². The third kappa shape index (κ3) is 4.34. The van der Waals surface area contributed by atoms with Gasteiger partial charge in [-0.3, -0.25) is 4.79 Å². The first kappa shape index (κ1) is 18.4. The van der Waals surface area contributed by atoms with E-state index in [0.717, 1.165) is 11.3 Å². The zero-order chi connectivity index (χ0) is 17.9. The molecular weight excluding hydrogens is 388 g/mol. The zero-order valence-corrected chi connectivity index (χ0v) is 13.8. The summed E-state index contributed by atoms with van der Waals surface area (Å²) in [5.41, 5.74) is -1.23. The number of carbonyl (C=O) groups is 1. The summed E-state index contributed by atoms with van der Waals surface area (Å²) in [6, 6.07) is 6.86. The highest BCUT2D eigenvalue weighted by Gasteiger charge is 2.43. The van der Waals surface area contributed by atoms with Gasteiger partial charge in [0.2, 0.25) is 0 Å². The van der Waals surface area contributed by atoms with Crippen LogP contribution in [0.15, 0.2) is 51.6 Å². The second kappa shape index (κ2) is 7.33. The number of nitrogens with zero attached hydrogens (tertiary/aromatic N) is 2. The maximum absolute atomic E-state index is 12.7. The summed E-state index contributed by atoms with van der Waals surface area (Å²) in [4.78, 5) is 11.6. The minimum atomic E-state index is -5.22. The highest BCUT2D eigenvalue weighted by molar-refractivity contribution is 7.11. The number of ketones is 1. The van der Waals surface area contributed by atoms with E-state index in [1.807, 2.05) is 0 Å². The molecule has 126 valence electrons. The molecule has 2 aromatic rings. The number of aliphatic hydroxyl groups is 1. The van der Waals surface area contributed by atoms with Gasteiger partial charge in [-0.05, 0) is 29.6 Å². The third-order valence-electron chi connectivity index (χ3n) is 2.62. The summed E-state index contributed by atoms with van der Waals surface area (Å²) in [6.07, 6.45) is -5.22. The van der Waals surface area contributed by atoms with Crippen molar-refractivity contribution in [1.82, 2.24) is 0 Å². The second-order valence-electron chi connectivity index (χ2n) is 4.30. The molecule has 0 saturated heterocycles. The lowest BCUT2D eigenvalue weighted by Gasteiger charge is -2.07. The molecule has 1 heterocycles. The Hall–Kier alpha value is -1.90. The van der Waals surface area contributed by atoms with Crippen LogP contribution in [0.3, 0.4) is 0 Å². The topological polar surface area (TPSA) is 62.0 Å².